The lowest BCUT2D eigenvalue weighted by molar-refractivity contribution is -0.135. The highest BCUT2D eigenvalue weighted by molar-refractivity contribution is 8.00. The van der Waals surface area contributed by atoms with E-state index in [9.17, 15) is 4.79 Å². The standard InChI is InChI=1S/C14H21N3O3S/c1-10-15-13(20-16-10)3-2-4-14(18)17-6-8-21-12-9-19-7-5-11(12)17/h11-12H,2-9H2,1H3/t11-,12-/m0/s1. The molecule has 1 amide bonds. The first-order valence-electron chi connectivity index (χ1n) is 7.52. The molecule has 2 saturated heterocycles. The molecular formula is C14H21N3O3S. The van der Waals surface area contributed by atoms with Crippen molar-refractivity contribution in [2.75, 3.05) is 25.5 Å². The van der Waals surface area contributed by atoms with E-state index in [4.69, 9.17) is 9.26 Å². The van der Waals surface area contributed by atoms with Crippen LogP contribution in [0, 0.1) is 6.92 Å². The summed E-state index contributed by atoms with van der Waals surface area (Å²) in [4.78, 5) is 18.7. The first kappa shape index (κ1) is 14.8. The maximum absolute atomic E-state index is 12.5. The van der Waals surface area contributed by atoms with Crippen LogP contribution >= 0.6 is 11.8 Å². The third kappa shape index (κ3) is 3.58. The van der Waals surface area contributed by atoms with Gasteiger partial charge in [0.1, 0.15) is 0 Å². The van der Waals surface area contributed by atoms with Crippen molar-refractivity contribution < 1.29 is 14.1 Å². The van der Waals surface area contributed by atoms with Gasteiger partial charge in [-0.3, -0.25) is 4.79 Å². The van der Waals surface area contributed by atoms with Crippen molar-refractivity contribution in [2.45, 2.75) is 43.9 Å². The Morgan fingerprint density at radius 2 is 2.43 bits per heavy atom. The van der Waals surface area contributed by atoms with Crippen LogP contribution in [0.2, 0.25) is 0 Å². The summed E-state index contributed by atoms with van der Waals surface area (Å²) in [5, 5.41) is 4.21. The molecule has 21 heavy (non-hydrogen) atoms. The lowest BCUT2D eigenvalue weighted by Gasteiger charge is -2.43. The maximum atomic E-state index is 12.5. The normalized spacial score (nSPS) is 25.7. The SMILES string of the molecule is Cc1noc(CCCC(=O)N2CCS[C@H]3COCC[C@@H]32)n1. The molecule has 2 fully saturated rings. The number of hydrogen-bond donors (Lipinski definition) is 0. The second-order valence-electron chi connectivity index (χ2n) is 5.52. The molecule has 2 aliphatic heterocycles. The van der Waals surface area contributed by atoms with Crippen LogP contribution in [0.5, 0.6) is 0 Å². The molecule has 6 nitrogen and oxygen atoms in total. The first-order valence-corrected chi connectivity index (χ1v) is 8.57. The monoisotopic (exact) mass is 311 g/mol. The maximum Gasteiger partial charge on any atom is 0.226 e. The molecular weight excluding hydrogens is 290 g/mol. The predicted octanol–water partition coefficient (Wildman–Crippen LogP) is 1.43. The molecule has 116 valence electrons. The predicted molar refractivity (Wildman–Crippen MR) is 79.2 cm³/mol. The van der Waals surface area contributed by atoms with Crippen LogP contribution < -0.4 is 0 Å². The molecule has 0 radical (unpaired) electrons. The van der Waals surface area contributed by atoms with E-state index in [-0.39, 0.29) is 5.91 Å². The smallest absolute Gasteiger partial charge is 0.226 e. The molecule has 0 bridgehead atoms. The number of carbonyl (C=O) groups is 1. The molecule has 0 aromatic carbocycles. The minimum Gasteiger partial charge on any atom is -0.380 e. The summed E-state index contributed by atoms with van der Waals surface area (Å²) in [6.07, 6.45) is 2.95. The molecule has 7 heteroatoms. The van der Waals surface area contributed by atoms with E-state index in [2.05, 4.69) is 15.0 Å². The fourth-order valence-corrected chi connectivity index (χ4v) is 4.27. The number of rotatable bonds is 4. The van der Waals surface area contributed by atoms with Gasteiger partial charge in [0.15, 0.2) is 5.82 Å². The Morgan fingerprint density at radius 3 is 3.24 bits per heavy atom. The molecule has 3 rings (SSSR count). The zero-order valence-electron chi connectivity index (χ0n) is 12.3. The highest BCUT2D eigenvalue weighted by Gasteiger charge is 2.36. The van der Waals surface area contributed by atoms with Gasteiger partial charge in [-0.2, -0.15) is 16.7 Å². The molecule has 1 aromatic heterocycles. The molecule has 0 aliphatic carbocycles. The molecule has 0 spiro atoms. The van der Waals surface area contributed by atoms with Gasteiger partial charge in [0.2, 0.25) is 11.8 Å². The van der Waals surface area contributed by atoms with E-state index in [0.29, 0.717) is 35.8 Å². The fraction of sp³-hybridized carbons (Fsp3) is 0.786. The van der Waals surface area contributed by atoms with Crippen molar-refractivity contribution in [1.82, 2.24) is 15.0 Å². The van der Waals surface area contributed by atoms with Gasteiger partial charge in [-0.15, -0.1) is 0 Å². The highest BCUT2D eigenvalue weighted by Crippen LogP contribution is 2.30. The second-order valence-corrected chi connectivity index (χ2v) is 6.86. The molecule has 0 N–H and O–H groups in total. The Kier molecular flexibility index (Phi) is 4.80. The van der Waals surface area contributed by atoms with Crippen LogP contribution in [0.4, 0.5) is 0 Å². The Balaban J connectivity index is 1.49. The van der Waals surface area contributed by atoms with Gasteiger partial charge in [-0.1, -0.05) is 5.16 Å². The van der Waals surface area contributed by atoms with Gasteiger partial charge in [-0.25, -0.2) is 0 Å². The summed E-state index contributed by atoms with van der Waals surface area (Å²) in [5.74, 6) is 2.54. The summed E-state index contributed by atoms with van der Waals surface area (Å²) in [7, 11) is 0. The average molecular weight is 311 g/mol. The third-order valence-corrected chi connectivity index (χ3v) is 5.30. The number of hydrogen-bond acceptors (Lipinski definition) is 6. The number of carbonyl (C=O) groups excluding carboxylic acids is 1. The zero-order chi connectivity index (χ0) is 14.7. The van der Waals surface area contributed by atoms with Gasteiger partial charge in [0, 0.05) is 43.0 Å². The average Bonchev–Trinajstić information content (AvgIpc) is 2.92. The van der Waals surface area contributed by atoms with Gasteiger partial charge >= 0.3 is 0 Å². The van der Waals surface area contributed by atoms with Crippen molar-refractivity contribution in [3.05, 3.63) is 11.7 Å². The van der Waals surface area contributed by atoms with Crippen molar-refractivity contribution >= 4 is 17.7 Å². The van der Waals surface area contributed by atoms with Gasteiger partial charge in [0.25, 0.3) is 0 Å². The van der Waals surface area contributed by atoms with Crippen molar-refractivity contribution in [2.24, 2.45) is 0 Å². The van der Waals surface area contributed by atoms with Crippen LogP contribution in [0.25, 0.3) is 0 Å². The van der Waals surface area contributed by atoms with Crippen LogP contribution in [0.3, 0.4) is 0 Å². The summed E-state index contributed by atoms with van der Waals surface area (Å²) >= 11 is 1.94. The topological polar surface area (TPSA) is 68.5 Å². The molecule has 0 unspecified atom stereocenters. The Labute approximate surface area is 128 Å². The number of aryl methyl sites for hydroxylation is 2. The number of ether oxygens (including phenoxy) is 1. The van der Waals surface area contributed by atoms with E-state index < -0.39 is 0 Å². The number of thioether (sulfide) groups is 1. The molecule has 0 saturated carbocycles. The van der Waals surface area contributed by atoms with E-state index in [1.807, 2.05) is 11.8 Å². The van der Waals surface area contributed by atoms with Crippen LogP contribution in [-0.2, 0) is 16.0 Å². The van der Waals surface area contributed by atoms with Crippen molar-refractivity contribution in [3.8, 4) is 0 Å². The molecule has 1 aromatic rings. The van der Waals surface area contributed by atoms with Gasteiger partial charge < -0.3 is 14.2 Å². The first-order chi connectivity index (χ1) is 10.2. The Hall–Kier alpha value is -1.08. The van der Waals surface area contributed by atoms with Crippen molar-refractivity contribution in [1.29, 1.82) is 0 Å². The van der Waals surface area contributed by atoms with Gasteiger partial charge in [0.05, 0.1) is 6.61 Å². The molecule has 2 atom stereocenters. The van der Waals surface area contributed by atoms with Crippen molar-refractivity contribution in [3.63, 3.8) is 0 Å². The molecule has 3 heterocycles. The fourth-order valence-electron chi connectivity index (χ4n) is 2.97. The highest BCUT2D eigenvalue weighted by atomic mass is 32.2. The second kappa shape index (κ2) is 6.79. The van der Waals surface area contributed by atoms with E-state index in [1.165, 1.54) is 0 Å². The van der Waals surface area contributed by atoms with Crippen LogP contribution in [-0.4, -0.2) is 57.8 Å². The van der Waals surface area contributed by atoms with E-state index in [1.54, 1.807) is 6.92 Å². The van der Waals surface area contributed by atoms with Crippen LogP contribution in [0.1, 0.15) is 31.0 Å². The quantitative estimate of drug-likeness (QED) is 0.838. The summed E-state index contributed by atoms with van der Waals surface area (Å²) < 4.78 is 10.6. The summed E-state index contributed by atoms with van der Waals surface area (Å²) in [5.41, 5.74) is 0. The Morgan fingerprint density at radius 1 is 1.52 bits per heavy atom. The number of fused-ring (bicyclic) bond motifs is 1. The lowest BCUT2D eigenvalue weighted by Crippen LogP contribution is -2.54. The number of amides is 1. The Bertz CT molecular complexity index is 492. The summed E-state index contributed by atoms with van der Waals surface area (Å²) in [6.45, 7) is 4.21. The minimum atomic E-state index is 0.253. The largest absolute Gasteiger partial charge is 0.380 e. The minimum absolute atomic E-state index is 0.253. The number of aromatic nitrogens is 2. The molecule has 2 aliphatic rings. The summed E-state index contributed by atoms with van der Waals surface area (Å²) in [6, 6.07) is 0.357. The number of nitrogens with zero attached hydrogens (tertiary/aromatic N) is 3. The van der Waals surface area contributed by atoms with E-state index >= 15 is 0 Å². The third-order valence-electron chi connectivity index (χ3n) is 4.00. The van der Waals surface area contributed by atoms with Crippen LogP contribution in [0.15, 0.2) is 4.52 Å². The zero-order valence-corrected chi connectivity index (χ0v) is 13.1. The lowest BCUT2D eigenvalue weighted by atomic mass is 10.0. The van der Waals surface area contributed by atoms with Gasteiger partial charge in [-0.05, 0) is 19.8 Å². The van der Waals surface area contributed by atoms with E-state index in [0.717, 1.165) is 38.4 Å².